The van der Waals surface area contributed by atoms with Crippen LogP contribution in [0.2, 0.25) is 0 Å². The Hall–Kier alpha value is -1.97. The highest BCUT2D eigenvalue weighted by molar-refractivity contribution is 6.25. The van der Waals surface area contributed by atoms with Crippen molar-refractivity contribution in [1.29, 1.82) is 0 Å². The van der Waals surface area contributed by atoms with Crippen LogP contribution in [-0.2, 0) is 9.59 Å². The molecule has 1 heterocycles. The molecule has 0 unspecified atom stereocenters. The Balaban J connectivity index is 2.28. The number of rotatable bonds is 6. The molecule has 23 heavy (non-hydrogen) atoms. The van der Waals surface area contributed by atoms with Gasteiger partial charge in [-0.25, -0.2) is 4.39 Å². The van der Waals surface area contributed by atoms with Gasteiger partial charge in [0.15, 0.2) is 5.78 Å². The zero-order chi connectivity index (χ0) is 16.8. The molecule has 4 heteroatoms. The van der Waals surface area contributed by atoms with Gasteiger partial charge in [-0.05, 0) is 37.0 Å². The van der Waals surface area contributed by atoms with E-state index in [0.717, 1.165) is 25.9 Å². The van der Waals surface area contributed by atoms with Crippen LogP contribution in [0.4, 0.5) is 4.39 Å². The molecule has 2 rings (SSSR count). The first-order valence-electron chi connectivity index (χ1n) is 8.25. The smallest absolute Gasteiger partial charge is 0.172 e. The molecule has 0 aliphatic carbocycles. The highest BCUT2D eigenvalue weighted by Crippen LogP contribution is 2.21. The van der Waals surface area contributed by atoms with Gasteiger partial charge in [-0.2, -0.15) is 0 Å². The lowest BCUT2D eigenvalue weighted by atomic mass is 9.95. The summed E-state index contributed by atoms with van der Waals surface area (Å²) in [6, 6.07) is 6.02. The van der Waals surface area contributed by atoms with Gasteiger partial charge in [0.1, 0.15) is 11.6 Å². The Morgan fingerprint density at radius 3 is 2.52 bits per heavy atom. The van der Waals surface area contributed by atoms with Crippen LogP contribution in [0.15, 0.2) is 30.5 Å². The quantitative estimate of drug-likeness (QED) is 0.591. The molecule has 0 N–H and O–H groups in total. The summed E-state index contributed by atoms with van der Waals surface area (Å²) in [4.78, 5) is 26.6. The standard InChI is InChI=1S/C19H24FNO2/c1-14(2)18(22)12-19(23)17(13-21-9-4-3-5-10-21)15-7-6-8-16(20)11-15/h6-8,11,13-14H,3-5,9-10,12H2,1-2H3. The third-order valence-corrected chi connectivity index (χ3v) is 4.12. The van der Waals surface area contributed by atoms with Crippen LogP contribution in [-0.4, -0.2) is 29.6 Å². The van der Waals surface area contributed by atoms with Gasteiger partial charge in [0, 0.05) is 30.8 Å². The Morgan fingerprint density at radius 2 is 1.91 bits per heavy atom. The number of carbonyl (C=O) groups is 2. The number of ketones is 2. The summed E-state index contributed by atoms with van der Waals surface area (Å²) in [5, 5.41) is 0. The molecular weight excluding hydrogens is 293 g/mol. The Labute approximate surface area is 137 Å². The maximum absolute atomic E-state index is 13.5. The van der Waals surface area contributed by atoms with Crippen LogP contribution in [0.1, 0.15) is 45.1 Å². The summed E-state index contributed by atoms with van der Waals surface area (Å²) in [5.41, 5.74) is 0.970. The van der Waals surface area contributed by atoms with E-state index in [1.165, 1.54) is 18.6 Å². The highest BCUT2D eigenvalue weighted by Gasteiger charge is 2.20. The molecule has 1 fully saturated rings. The molecule has 1 saturated heterocycles. The molecule has 0 atom stereocenters. The van der Waals surface area contributed by atoms with Gasteiger partial charge < -0.3 is 4.90 Å². The summed E-state index contributed by atoms with van der Waals surface area (Å²) in [5.74, 6) is -0.881. The van der Waals surface area contributed by atoms with Gasteiger partial charge in [0.25, 0.3) is 0 Å². The number of likely N-dealkylation sites (tertiary alicyclic amines) is 1. The van der Waals surface area contributed by atoms with Crippen molar-refractivity contribution in [2.24, 2.45) is 5.92 Å². The van der Waals surface area contributed by atoms with Crippen molar-refractivity contribution in [2.45, 2.75) is 39.5 Å². The second kappa shape index (κ2) is 8.04. The van der Waals surface area contributed by atoms with Crippen molar-refractivity contribution in [3.05, 3.63) is 41.8 Å². The minimum absolute atomic E-state index is 0.0871. The van der Waals surface area contributed by atoms with Crippen molar-refractivity contribution < 1.29 is 14.0 Å². The van der Waals surface area contributed by atoms with Crippen molar-refractivity contribution in [2.75, 3.05) is 13.1 Å². The molecule has 1 aliphatic heterocycles. The zero-order valence-electron chi connectivity index (χ0n) is 13.8. The minimum atomic E-state index is -0.380. The number of carbonyl (C=O) groups excluding carboxylic acids is 2. The number of nitrogens with zero attached hydrogens (tertiary/aromatic N) is 1. The monoisotopic (exact) mass is 317 g/mol. The summed E-state index contributed by atoms with van der Waals surface area (Å²) < 4.78 is 13.5. The normalized spacial score (nSPS) is 15.8. The van der Waals surface area contributed by atoms with E-state index >= 15 is 0 Å². The third-order valence-electron chi connectivity index (χ3n) is 4.12. The van der Waals surface area contributed by atoms with E-state index in [2.05, 4.69) is 4.90 Å². The molecule has 0 amide bonds. The molecular formula is C19H24FNO2. The first-order valence-corrected chi connectivity index (χ1v) is 8.25. The molecule has 0 aromatic heterocycles. The van der Waals surface area contributed by atoms with E-state index < -0.39 is 0 Å². The Morgan fingerprint density at radius 1 is 1.22 bits per heavy atom. The van der Waals surface area contributed by atoms with Crippen molar-refractivity contribution in [1.82, 2.24) is 4.90 Å². The van der Waals surface area contributed by atoms with Crippen LogP contribution in [0, 0.1) is 11.7 Å². The summed E-state index contributed by atoms with van der Waals surface area (Å²) in [7, 11) is 0. The molecule has 3 nitrogen and oxygen atoms in total. The number of Topliss-reactive ketones (excluding diaryl/α,β-unsaturated/α-hetero) is 2. The van der Waals surface area contributed by atoms with Gasteiger partial charge in [0.05, 0.1) is 6.42 Å². The fourth-order valence-electron chi connectivity index (χ4n) is 2.65. The number of benzene rings is 1. The average Bonchev–Trinajstić information content (AvgIpc) is 2.53. The molecule has 0 radical (unpaired) electrons. The fraction of sp³-hybridized carbons (Fsp3) is 0.474. The lowest BCUT2D eigenvalue weighted by Crippen LogP contribution is -2.26. The molecule has 1 aliphatic rings. The second-order valence-corrected chi connectivity index (χ2v) is 6.37. The SMILES string of the molecule is CC(C)C(=O)CC(=O)C(=CN1CCCCC1)c1cccc(F)c1. The van der Waals surface area contributed by atoms with Gasteiger partial charge in [-0.1, -0.05) is 26.0 Å². The van der Waals surface area contributed by atoms with Crippen LogP contribution in [0.3, 0.4) is 0 Å². The van der Waals surface area contributed by atoms with Crippen LogP contribution < -0.4 is 0 Å². The molecule has 1 aromatic carbocycles. The predicted octanol–water partition coefficient (Wildman–Crippen LogP) is 3.84. The fourth-order valence-corrected chi connectivity index (χ4v) is 2.65. The van der Waals surface area contributed by atoms with Gasteiger partial charge in [0.2, 0.25) is 0 Å². The summed E-state index contributed by atoms with van der Waals surface area (Å²) >= 11 is 0. The topological polar surface area (TPSA) is 37.4 Å². The van der Waals surface area contributed by atoms with E-state index in [1.54, 1.807) is 26.0 Å². The van der Waals surface area contributed by atoms with E-state index in [4.69, 9.17) is 0 Å². The summed E-state index contributed by atoms with van der Waals surface area (Å²) in [6.45, 7) is 5.35. The Bertz CT molecular complexity index is 601. The Kier molecular flexibility index (Phi) is 6.08. The van der Waals surface area contributed by atoms with Crippen molar-refractivity contribution in [3.63, 3.8) is 0 Å². The number of hydrogen-bond donors (Lipinski definition) is 0. The van der Waals surface area contributed by atoms with E-state index in [1.807, 2.05) is 6.20 Å². The zero-order valence-corrected chi connectivity index (χ0v) is 13.8. The lowest BCUT2D eigenvalue weighted by Gasteiger charge is -2.26. The number of allylic oxidation sites excluding steroid dienone is 1. The molecule has 0 bridgehead atoms. The minimum Gasteiger partial charge on any atom is -0.377 e. The lowest BCUT2D eigenvalue weighted by molar-refractivity contribution is -0.126. The number of halogens is 1. The largest absolute Gasteiger partial charge is 0.377 e. The van der Waals surface area contributed by atoms with Gasteiger partial charge >= 0.3 is 0 Å². The molecule has 1 aromatic rings. The third kappa shape index (κ3) is 5.02. The van der Waals surface area contributed by atoms with Gasteiger partial charge in [-0.15, -0.1) is 0 Å². The first kappa shape index (κ1) is 17.4. The van der Waals surface area contributed by atoms with Gasteiger partial charge in [-0.3, -0.25) is 9.59 Å². The predicted molar refractivity (Wildman–Crippen MR) is 89.3 cm³/mol. The highest BCUT2D eigenvalue weighted by atomic mass is 19.1. The molecule has 0 saturated carbocycles. The van der Waals surface area contributed by atoms with E-state index in [0.29, 0.717) is 11.1 Å². The maximum Gasteiger partial charge on any atom is 0.172 e. The summed E-state index contributed by atoms with van der Waals surface area (Å²) in [6.07, 6.45) is 5.05. The van der Waals surface area contributed by atoms with E-state index in [-0.39, 0.29) is 29.7 Å². The first-order chi connectivity index (χ1) is 11.0. The molecule has 0 spiro atoms. The number of hydrogen-bond acceptors (Lipinski definition) is 3. The second-order valence-electron chi connectivity index (χ2n) is 6.37. The van der Waals surface area contributed by atoms with Crippen molar-refractivity contribution >= 4 is 17.1 Å². The average molecular weight is 317 g/mol. The van der Waals surface area contributed by atoms with Crippen LogP contribution in [0.25, 0.3) is 5.57 Å². The van der Waals surface area contributed by atoms with Crippen molar-refractivity contribution in [3.8, 4) is 0 Å². The molecule has 124 valence electrons. The maximum atomic E-state index is 13.5. The van der Waals surface area contributed by atoms with Crippen LogP contribution >= 0.6 is 0 Å². The van der Waals surface area contributed by atoms with E-state index in [9.17, 15) is 14.0 Å². The van der Waals surface area contributed by atoms with Crippen LogP contribution in [0.5, 0.6) is 0 Å². The number of piperidine rings is 1.